The van der Waals surface area contributed by atoms with Gasteiger partial charge in [-0.2, -0.15) is 0 Å². The van der Waals surface area contributed by atoms with Gasteiger partial charge in [0.15, 0.2) is 0 Å². The largest absolute Gasteiger partial charge is 0.339 e. The van der Waals surface area contributed by atoms with Gasteiger partial charge in [-0.3, -0.25) is 4.79 Å². The van der Waals surface area contributed by atoms with E-state index in [0.717, 1.165) is 10.0 Å². The lowest BCUT2D eigenvalue weighted by atomic mass is 10.2. The standard InChI is InChI=1S/C15H18BrN3O2/c1-12(20)18-7-9-19(10-8-18)15(21)17-6-5-13-3-2-4-14(16)11-13/h2-6,11H,7-10H2,1H3,(H,17,21)/b6-5+. The summed E-state index contributed by atoms with van der Waals surface area (Å²) in [5, 5.41) is 2.75. The van der Waals surface area contributed by atoms with Crippen LogP contribution in [0.4, 0.5) is 4.79 Å². The molecule has 1 fully saturated rings. The molecule has 6 heteroatoms. The number of hydrogen-bond donors (Lipinski definition) is 1. The van der Waals surface area contributed by atoms with Crippen LogP contribution < -0.4 is 5.32 Å². The molecule has 0 radical (unpaired) electrons. The third kappa shape index (κ3) is 4.60. The number of nitrogens with one attached hydrogen (secondary N) is 1. The minimum Gasteiger partial charge on any atom is -0.339 e. The monoisotopic (exact) mass is 351 g/mol. The van der Waals surface area contributed by atoms with Crippen LogP contribution in [0.3, 0.4) is 0 Å². The van der Waals surface area contributed by atoms with Gasteiger partial charge in [-0.05, 0) is 23.8 Å². The van der Waals surface area contributed by atoms with Gasteiger partial charge >= 0.3 is 6.03 Å². The van der Waals surface area contributed by atoms with E-state index in [1.54, 1.807) is 22.9 Å². The fraction of sp³-hybridized carbons (Fsp3) is 0.333. The number of nitrogens with zero attached hydrogens (tertiary/aromatic N) is 2. The normalized spacial score (nSPS) is 15.3. The van der Waals surface area contributed by atoms with Crippen LogP contribution in [0.5, 0.6) is 0 Å². The van der Waals surface area contributed by atoms with E-state index in [0.29, 0.717) is 26.2 Å². The zero-order chi connectivity index (χ0) is 15.2. The van der Waals surface area contributed by atoms with Gasteiger partial charge in [-0.25, -0.2) is 4.79 Å². The lowest BCUT2D eigenvalue weighted by Gasteiger charge is -2.33. The summed E-state index contributed by atoms with van der Waals surface area (Å²) >= 11 is 3.40. The Morgan fingerprint density at radius 1 is 1.19 bits per heavy atom. The first-order valence-electron chi connectivity index (χ1n) is 6.79. The number of halogens is 1. The molecule has 1 aliphatic heterocycles. The topological polar surface area (TPSA) is 52.7 Å². The number of benzene rings is 1. The second kappa shape index (κ2) is 7.26. The molecule has 2 rings (SSSR count). The molecule has 21 heavy (non-hydrogen) atoms. The minimum atomic E-state index is -0.135. The Hall–Kier alpha value is -1.82. The predicted molar refractivity (Wildman–Crippen MR) is 85.5 cm³/mol. The van der Waals surface area contributed by atoms with E-state index in [1.165, 1.54) is 0 Å². The van der Waals surface area contributed by atoms with E-state index in [2.05, 4.69) is 21.2 Å². The summed E-state index contributed by atoms with van der Waals surface area (Å²) < 4.78 is 0.997. The summed E-state index contributed by atoms with van der Waals surface area (Å²) in [5.41, 5.74) is 1.01. The molecule has 0 unspecified atom stereocenters. The molecule has 0 saturated carbocycles. The fourth-order valence-corrected chi connectivity index (χ4v) is 2.55. The molecule has 112 valence electrons. The number of amides is 3. The number of carbonyl (C=O) groups excluding carboxylic acids is 2. The zero-order valence-corrected chi connectivity index (χ0v) is 13.5. The van der Waals surface area contributed by atoms with Crippen LogP contribution >= 0.6 is 15.9 Å². The average molecular weight is 352 g/mol. The van der Waals surface area contributed by atoms with Gasteiger partial charge in [0.05, 0.1) is 0 Å². The third-order valence-corrected chi connectivity index (χ3v) is 3.84. The molecule has 0 aromatic heterocycles. The Labute approximate surface area is 132 Å². The van der Waals surface area contributed by atoms with Crippen molar-refractivity contribution in [3.05, 3.63) is 40.5 Å². The minimum absolute atomic E-state index is 0.0598. The highest BCUT2D eigenvalue weighted by Crippen LogP contribution is 2.12. The Morgan fingerprint density at radius 2 is 1.86 bits per heavy atom. The molecule has 3 amide bonds. The van der Waals surface area contributed by atoms with Crippen LogP contribution in [0.1, 0.15) is 12.5 Å². The summed E-state index contributed by atoms with van der Waals surface area (Å²) in [6.07, 6.45) is 3.48. The predicted octanol–water partition coefficient (Wildman–Crippen LogP) is 2.29. The molecule has 0 spiro atoms. The SMILES string of the molecule is CC(=O)N1CCN(C(=O)N/C=C/c2cccc(Br)c2)CC1. The lowest BCUT2D eigenvalue weighted by Crippen LogP contribution is -2.52. The van der Waals surface area contributed by atoms with Crippen molar-refractivity contribution < 1.29 is 9.59 Å². The van der Waals surface area contributed by atoms with Crippen molar-refractivity contribution in [2.75, 3.05) is 26.2 Å². The van der Waals surface area contributed by atoms with Gasteiger partial charge in [0.2, 0.25) is 5.91 Å². The molecule has 1 aliphatic rings. The smallest absolute Gasteiger partial charge is 0.321 e. The van der Waals surface area contributed by atoms with Gasteiger partial charge in [-0.15, -0.1) is 0 Å². The van der Waals surface area contributed by atoms with Crippen LogP contribution in [0, 0.1) is 0 Å². The Kier molecular flexibility index (Phi) is 5.38. The van der Waals surface area contributed by atoms with E-state index in [1.807, 2.05) is 30.3 Å². The molecular formula is C15H18BrN3O2. The first-order valence-corrected chi connectivity index (χ1v) is 7.58. The third-order valence-electron chi connectivity index (χ3n) is 3.34. The van der Waals surface area contributed by atoms with E-state index < -0.39 is 0 Å². The highest BCUT2D eigenvalue weighted by molar-refractivity contribution is 9.10. The maximum Gasteiger partial charge on any atom is 0.321 e. The molecule has 1 N–H and O–H groups in total. The maximum atomic E-state index is 12.0. The molecule has 1 saturated heterocycles. The van der Waals surface area contributed by atoms with Crippen molar-refractivity contribution in [2.24, 2.45) is 0 Å². The molecule has 1 heterocycles. The average Bonchev–Trinajstić information content (AvgIpc) is 2.47. The van der Waals surface area contributed by atoms with Crippen LogP contribution in [0.25, 0.3) is 6.08 Å². The molecule has 1 aromatic rings. The first-order chi connectivity index (χ1) is 10.1. The lowest BCUT2D eigenvalue weighted by molar-refractivity contribution is -0.130. The Bertz CT molecular complexity index is 552. The summed E-state index contributed by atoms with van der Waals surface area (Å²) in [5.74, 6) is 0.0598. The summed E-state index contributed by atoms with van der Waals surface area (Å²) in [6, 6.07) is 7.68. The Balaban J connectivity index is 1.81. The maximum absolute atomic E-state index is 12.0. The number of hydrogen-bond acceptors (Lipinski definition) is 2. The second-order valence-corrected chi connectivity index (χ2v) is 5.75. The zero-order valence-electron chi connectivity index (χ0n) is 11.9. The first kappa shape index (κ1) is 15.6. The molecule has 1 aromatic carbocycles. The highest BCUT2D eigenvalue weighted by atomic mass is 79.9. The van der Waals surface area contributed by atoms with E-state index in [-0.39, 0.29) is 11.9 Å². The van der Waals surface area contributed by atoms with Gasteiger partial charge in [0.1, 0.15) is 0 Å². The summed E-state index contributed by atoms with van der Waals surface area (Å²) in [4.78, 5) is 26.7. The second-order valence-electron chi connectivity index (χ2n) is 4.83. The molecular weight excluding hydrogens is 334 g/mol. The number of piperazine rings is 1. The van der Waals surface area contributed by atoms with Crippen molar-refractivity contribution in [1.29, 1.82) is 0 Å². The molecule has 5 nitrogen and oxygen atoms in total. The number of rotatable bonds is 2. The van der Waals surface area contributed by atoms with E-state index >= 15 is 0 Å². The van der Waals surface area contributed by atoms with Crippen molar-refractivity contribution in [3.8, 4) is 0 Å². The van der Waals surface area contributed by atoms with Gasteiger partial charge in [0.25, 0.3) is 0 Å². The van der Waals surface area contributed by atoms with E-state index in [4.69, 9.17) is 0 Å². The number of urea groups is 1. The van der Waals surface area contributed by atoms with Crippen molar-refractivity contribution in [1.82, 2.24) is 15.1 Å². The molecule has 0 bridgehead atoms. The Morgan fingerprint density at radius 3 is 2.48 bits per heavy atom. The van der Waals surface area contributed by atoms with Crippen LogP contribution in [-0.2, 0) is 4.79 Å². The van der Waals surface area contributed by atoms with Crippen LogP contribution in [0.2, 0.25) is 0 Å². The quantitative estimate of drug-likeness (QED) is 0.888. The van der Waals surface area contributed by atoms with Crippen LogP contribution in [0.15, 0.2) is 34.9 Å². The van der Waals surface area contributed by atoms with Crippen molar-refractivity contribution in [2.45, 2.75) is 6.92 Å². The summed E-state index contributed by atoms with van der Waals surface area (Å²) in [6.45, 7) is 3.87. The van der Waals surface area contributed by atoms with Crippen molar-refractivity contribution in [3.63, 3.8) is 0 Å². The summed E-state index contributed by atoms with van der Waals surface area (Å²) in [7, 11) is 0. The fourth-order valence-electron chi connectivity index (χ4n) is 2.14. The molecule has 0 atom stereocenters. The number of carbonyl (C=O) groups is 2. The molecule has 0 aliphatic carbocycles. The van der Waals surface area contributed by atoms with Gasteiger partial charge in [-0.1, -0.05) is 28.1 Å². The van der Waals surface area contributed by atoms with Gasteiger partial charge in [0, 0.05) is 43.8 Å². The van der Waals surface area contributed by atoms with Crippen LogP contribution in [-0.4, -0.2) is 47.9 Å². The van der Waals surface area contributed by atoms with E-state index in [9.17, 15) is 9.59 Å². The van der Waals surface area contributed by atoms with Gasteiger partial charge < -0.3 is 15.1 Å². The highest BCUT2D eigenvalue weighted by Gasteiger charge is 2.21. The van der Waals surface area contributed by atoms with Crippen molar-refractivity contribution >= 4 is 33.9 Å².